The number of benzene rings is 1. The number of ether oxygens (including phenoxy) is 1. The summed E-state index contributed by atoms with van der Waals surface area (Å²) in [5.41, 5.74) is 4.32. The number of anilines is 1. The standard InChI is InChI=1S/C17H16N4OS/c1-2-4-12(5-3-1)16-8-14(23-21-16)10-19-17-18-9-13-11-22-7-6-15(13)20-17/h1-5,8-9H,6-7,10-11H2,(H,18,19,20). The van der Waals surface area contributed by atoms with Crippen LogP contribution in [0, 0.1) is 0 Å². The summed E-state index contributed by atoms with van der Waals surface area (Å²) in [7, 11) is 0. The summed E-state index contributed by atoms with van der Waals surface area (Å²) < 4.78 is 9.92. The molecular weight excluding hydrogens is 308 g/mol. The van der Waals surface area contributed by atoms with Gasteiger partial charge in [0.2, 0.25) is 5.95 Å². The summed E-state index contributed by atoms with van der Waals surface area (Å²) >= 11 is 1.50. The van der Waals surface area contributed by atoms with E-state index in [0.717, 1.165) is 40.4 Å². The molecule has 1 aliphatic rings. The molecule has 116 valence electrons. The van der Waals surface area contributed by atoms with Gasteiger partial charge in [-0.2, -0.15) is 4.37 Å². The minimum Gasteiger partial charge on any atom is -0.376 e. The van der Waals surface area contributed by atoms with Crippen molar-refractivity contribution in [3.8, 4) is 11.3 Å². The predicted octanol–water partition coefficient (Wildman–Crippen LogP) is 3.28. The molecule has 0 atom stereocenters. The Labute approximate surface area is 138 Å². The number of aromatic nitrogens is 3. The van der Waals surface area contributed by atoms with Crippen LogP contribution in [-0.2, 0) is 24.3 Å². The molecule has 1 N–H and O–H groups in total. The molecule has 0 aliphatic carbocycles. The fourth-order valence-corrected chi connectivity index (χ4v) is 3.20. The molecule has 1 aromatic carbocycles. The van der Waals surface area contributed by atoms with Gasteiger partial charge in [-0.05, 0) is 17.6 Å². The van der Waals surface area contributed by atoms with Crippen molar-refractivity contribution in [3.05, 3.63) is 58.7 Å². The summed E-state index contributed by atoms with van der Waals surface area (Å²) in [4.78, 5) is 10.1. The molecule has 6 heteroatoms. The van der Waals surface area contributed by atoms with E-state index in [1.165, 1.54) is 11.5 Å². The van der Waals surface area contributed by atoms with Gasteiger partial charge in [0.05, 0.1) is 31.1 Å². The zero-order chi connectivity index (χ0) is 15.5. The maximum absolute atomic E-state index is 5.40. The molecule has 0 spiro atoms. The Morgan fingerprint density at radius 3 is 3.04 bits per heavy atom. The molecule has 0 amide bonds. The normalized spacial score (nSPS) is 13.6. The second-order valence-electron chi connectivity index (χ2n) is 5.37. The van der Waals surface area contributed by atoms with Crippen molar-refractivity contribution in [2.45, 2.75) is 19.6 Å². The molecule has 3 aromatic rings. The van der Waals surface area contributed by atoms with Crippen molar-refractivity contribution in [1.82, 2.24) is 14.3 Å². The summed E-state index contributed by atoms with van der Waals surface area (Å²) in [6.07, 6.45) is 2.71. The Hall–Kier alpha value is -2.31. The molecular formula is C17H16N4OS. The molecule has 0 saturated heterocycles. The van der Waals surface area contributed by atoms with E-state index in [4.69, 9.17) is 4.74 Å². The Morgan fingerprint density at radius 1 is 1.22 bits per heavy atom. The van der Waals surface area contributed by atoms with E-state index < -0.39 is 0 Å². The first kappa shape index (κ1) is 14.3. The molecule has 0 unspecified atom stereocenters. The largest absolute Gasteiger partial charge is 0.376 e. The predicted molar refractivity (Wildman–Crippen MR) is 90.3 cm³/mol. The van der Waals surface area contributed by atoms with E-state index in [0.29, 0.717) is 19.1 Å². The highest BCUT2D eigenvalue weighted by atomic mass is 32.1. The third-order valence-corrected chi connectivity index (χ3v) is 4.53. The van der Waals surface area contributed by atoms with Crippen molar-refractivity contribution >= 4 is 17.5 Å². The Morgan fingerprint density at radius 2 is 2.13 bits per heavy atom. The van der Waals surface area contributed by atoms with E-state index >= 15 is 0 Å². The second kappa shape index (κ2) is 6.44. The molecule has 4 rings (SSSR count). The number of rotatable bonds is 4. The van der Waals surface area contributed by atoms with Crippen LogP contribution in [0.15, 0.2) is 42.6 Å². The highest BCUT2D eigenvalue weighted by Crippen LogP contribution is 2.22. The lowest BCUT2D eigenvalue weighted by Gasteiger charge is -2.15. The monoisotopic (exact) mass is 324 g/mol. The molecule has 0 radical (unpaired) electrons. The van der Waals surface area contributed by atoms with Gasteiger partial charge >= 0.3 is 0 Å². The van der Waals surface area contributed by atoms with Gasteiger partial charge in [-0.25, -0.2) is 9.97 Å². The van der Waals surface area contributed by atoms with Gasteiger partial charge in [0.1, 0.15) is 0 Å². The topological polar surface area (TPSA) is 59.9 Å². The van der Waals surface area contributed by atoms with Crippen LogP contribution < -0.4 is 5.32 Å². The number of hydrogen-bond donors (Lipinski definition) is 1. The molecule has 5 nitrogen and oxygen atoms in total. The van der Waals surface area contributed by atoms with E-state index in [1.54, 1.807) is 0 Å². The van der Waals surface area contributed by atoms with Gasteiger partial charge in [0.25, 0.3) is 0 Å². The lowest BCUT2D eigenvalue weighted by molar-refractivity contribution is 0.109. The van der Waals surface area contributed by atoms with Gasteiger partial charge in [0.15, 0.2) is 0 Å². The van der Waals surface area contributed by atoms with E-state index in [-0.39, 0.29) is 0 Å². The molecule has 3 heterocycles. The average molecular weight is 324 g/mol. The SMILES string of the molecule is c1ccc(-c2cc(CNc3ncc4c(n3)CCOC4)sn2)cc1. The summed E-state index contributed by atoms with van der Waals surface area (Å²) in [5.74, 6) is 0.667. The highest BCUT2D eigenvalue weighted by Gasteiger charge is 2.12. The molecule has 0 fully saturated rings. The molecule has 23 heavy (non-hydrogen) atoms. The number of nitrogens with one attached hydrogen (secondary N) is 1. The average Bonchev–Trinajstić information content (AvgIpc) is 3.10. The van der Waals surface area contributed by atoms with E-state index in [2.05, 4.69) is 37.9 Å². The lowest BCUT2D eigenvalue weighted by Crippen LogP contribution is -2.14. The van der Waals surface area contributed by atoms with Crippen LogP contribution in [0.1, 0.15) is 16.1 Å². The third-order valence-electron chi connectivity index (χ3n) is 3.74. The second-order valence-corrected chi connectivity index (χ2v) is 6.26. The van der Waals surface area contributed by atoms with Crippen LogP contribution in [0.25, 0.3) is 11.3 Å². The Kier molecular flexibility index (Phi) is 4.00. The summed E-state index contributed by atoms with van der Waals surface area (Å²) in [6, 6.07) is 12.3. The van der Waals surface area contributed by atoms with Crippen LogP contribution in [0.2, 0.25) is 0 Å². The molecule has 2 aromatic heterocycles. The minimum absolute atomic E-state index is 0.616. The zero-order valence-electron chi connectivity index (χ0n) is 12.5. The molecule has 0 bridgehead atoms. The first-order valence-electron chi connectivity index (χ1n) is 7.56. The van der Waals surface area contributed by atoms with Gasteiger partial charge in [-0.1, -0.05) is 30.3 Å². The maximum Gasteiger partial charge on any atom is 0.223 e. The van der Waals surface area contributed by atoms with Crippen LogP contribution in [0.5, 0.6) is 0 Å². The van der Waals surface area contributed by atoms with Crippen molar-refractivity contribution in [2.75, 3.05) is 11.9 Å². The smallest absolute Gasteiger partial charge is 0.223 e. The maximum atomic E-state index is 5.40. The number of nitrogens with zero attached hydrogens (tertiary/aromatic N) is 3. The van der Waals surface area contributed by atoms with Crippen LogP contribution in [0.3, 0.4) is 0 Å². The minimum atomic E-state index is 0.616. The first-order valence-corrected chi connectivity index (χ1v) is 8.33. The van der Waals surface area contributed by atoms with E-state index in [9.17, 15) is 0 Å². The van der Waals surface area contributed by atoms with Crippen molar-refractivity contribution in [1.29, 1.82) is 0 Å². The lowest BCUT2D eigenvalue weighted by atomic mass is 10.1. The first-order chi connectivity index (χ1) is 11.4. The number of hydrogen-bond acceptors (Lipinski definition) is 6. The van der Waals surface area contributed by atoms with Gasteiger partial charge in [-0.3, -0.25) is 0 Å². The van der Waals surface area contributed by atoms with Crippen molar-refractivity contribution in [2.24, 2.45) is 0 Å². The fourth-order valence-electron chi connectivity index (χ4n) is 2.52. The third kappa shape index (κ3) is 3.23. The Bertz CT molecular complexity index is 803. The van der Waals surface area contributed by atoms with Gasteiger partial charge in [0, 0.05) is 28.6 Å². The quantitative estimate of drug-likeness (QED) is 0.798. The van der Waals surface area contributed by atoms with Crippen LogP contribution >= 0.6 is 11.5 Å². The van der Waals surface area contributed by atoms with Crippen LogP contribution in [-0.4, -0.2) is 20.9 Å². The molecule has 0 saturated carbocycles. The van der Waals surface area contributed by atoms with Crippen molar-refractivity contribution in [3.63, 3.8) is 0 Å². The van der Waals surface area contributed by atoms with E-state index in [1.807, 2.05) is 24.4 Å². The summed E-state index contributed by atoms with van der Waals surface area (Å²) in [5, 5.41) is 3.28. The van der Waals surface area contributed by atoms with Gasteiger partial charge < -0.3 is 10.1 Å². The Balaban J connectivity index is 1.44. The highest BCUT2D eigenvalue weighted by molar-refractivity contribution is 7.06. The summed E-state index contributed by atoms with van der Waals surface area (Å²) in [6.45, 7) is 2.03. The zero-order valence-corrected chi connectivity index (χ0v) is 13.3. The van der Waals surface area contributed by atoms with Crippen molar-refractivity contribution < 1.29 is 4.74 Å². The number of fused-ring (bicyclic) bond motifs is 1. The fraction of sp³-hybridized carbons (Fsp3) is 0.235. The van der Waals surface area contributed by atoms with Crippen LogP contribution in [0.4, 0.5) is 5.95 Å². The van der Waals surface area contributed by atoms with Gasteiger partial charge in [-0.15, -0.1) is 0 Å². The molecule has 1 aliphatic heterocycles.